The molecule has 0 unspecified atom stereocenters. The van der Waals surface area contributed by atoms with Crippen LogP contribution in [0.3, 0.4) is 0 Å². The summed E-state index contributed by atoms with van der Waals surface area (Å²) in [6.45, 7) is 0.635. The monoisotopic (exact) mass is 276 g/mol. The molecule has 0 saturated carbocycles. The molecule has 20 heavy (non-hydrogen) atoms. The van der Waals surface area contributed by atoms with Gasteiger partial charge in [0.1, 0.15) is 12.1 Å². The fourth-order valence-electron chi connectivity index (χ4n) is 2.45. The Hall–Kier alpha value is -2.04. The number of piperidine rings is 1. The first-order valence-electron chi connectivity index (χ1n) is 6.56. The molecule has 5 heteroatoms. The van der Waals surface area contributed by atoms with Crippen molar-refractivity contribution in [2.45, 2.75) is 18.8 Å². The summed E-state index contributed by atoms with van der Waals surface area (Å²) in [6.07, 6.45) is 0.535. The molecule has 0 amide bonds. The third kappa shape index (κ3) is 2.48. The smallest absolute Gasteiger partial charge is 0.251 e. The molecule has 1 fully saturated rings. The lowest BCUT2D eigenvalue weighted by Gasteiger charge is -2.32. The second kappa shape index (κ2) is 4.81. The van der Waals surface area contributed by atoms with E-state index >= 15 is 0 Å². The zero-order valence-electron chi connectivity index (χ0n) is 10.9. The molecule has 2 aromatic rings. The van der Waals surface area contributed by atoms with Gasteiger partial charge < -0.3 is 4.90 Å². The highest BCUT2D eigenvalue weighted by Crippen LogP contribution is 2.30. The number of alkyl halides is 2. The molecule has 0 bridgehead atoms. The number of benzene rings is 1. The van der Waals surface area contributed by atoms with Crippen LogP contribution in [0.1, 0.15) is 23.2 Å². The minimum Gasteiger partial charge on any atom is -0.356 e. The maximum absolute atomic E-state index is 13.1. The molecule has 104 valence electrons. The predicted octanol–water partition coefficient (Wildman–Crippen LogP) is 3.28. The van der Waals surface area contributed by atoms with E-state index in [0.29, 0.717) is 24.5 Å². The fraction of sp³-hybridized carbons (Fsp3) is 0.333. The van der Waals surface area contributed by atoms with Crippen molar-refractivity contribution >= 4 is 23.0 Å². The molecule has 1 aromatic heterocycles. The van der Waals surface area contributed by atoms with Gasteiger partial charge in [-0.1, -0.05) is 0 Å². The number of carbonyl (C=O) groups excluding carboxylic acids is 1. The molecular weight excluding hydrogens is 262 g/mol. The molecule has 3 nitrogen and oxygen atoms in total. The van der Waals surface area contributed by atoms with Gasteiger partial charge in [0.05, 0.1) is 5.52 Å². The average molecular weight is 276 g/mol. The van der Waals surface area contributed by atoms with E-state index in [-0.39, 0.29) is 12.8 Å². The Bertz CT molecular complexity index is 647. The highest BCUT2D eigenvalue weighted by Gasteiger charge is 2.34. The summed E-state index contributed by atoms with van der Waals surface area (Å²) in [7, 11) is 0. The zero-order valence-corrected chi connectivity index (χ0v) is 10.9. The first kappa shape index (κ1) is 13.0. The van der Waals surface area contributed by atoms with Gasteiger partial charge in [-0.05, 0) is 30.3 Å². The highest BCUT2D eigenvalue weighted by molar-refractivity contribution is 5.87. The fourth-order valence-corrected chi connectivity index (χ4v) is 2.45. The predicted molar refractivity (Wildman–Crippen MR) is 73.5 cm³/mol. The SMILES string of the molecule is O=Cc1ccc2nc(N3CCC(F)(F)CC3)ccc2c1. The van der Waals surface area contributed by atoms with E-state index in [1.165, 1.54) is 0 Å². The lowest BCUT2D eigenvalue weighted by atomic mass is 10.1. The highest BCUT2D eigenvalue weighted by atomic mass is 19.3. The first-order chi connectivity index (χ1) is 9.57. The van der Waals surface area contributed by atoms with E-state index in [0.717, 1.165) is 17.2 Å². The van der Waals surface area contributed by atoms with Crippen LogP contribution in [0.5, 0.6) is 0 Å². The van der Waals surface area contributed by atoms with Gasteiger partial charge in [0.2, 0.25) is 0 Å². The quantitative estimate of drug-likeness (QED) is 0.789. The summed E-state index contributed by atoms with van der Waals surface area (Å²) in [5, 5.41) is 0.876. The molecule has 1 aliphatic rings. The lowest BCUT2D eigenvalue weighted by molar-refractivity contribution is -0.0221. The van der Waals surface area contributed by atoms with Crippen LogP contribution in [-0.4, -0.2) is 30.3 Å². The Balaban J connectivity index is 1.88. The topological polar surface area (TPSA) is 33.2 Å². The number of hydrogen-bond acceptors (Lipinski definition) is 3. The Kier molecular flexibility index (Phi) is 3.12. The normalized spacial score (nSPS) is 18.2. The van der Waals surface area contributed by atoms with Crippen molar-refractivity contribution in [3.8, 4) is 0 Å². The van der Waals surface area contributed by atoms with Gasteiger partial charge in [-0.3, -0.25) is 4.79 Å². The maximum atomic E-state index is 13.1. The number of aldehydes is 1. The summed E-state index contributed by atoms with van der Waals surface area (Å²) >= 11 is 0. The lowest BCUT2D eigenvalue weighted by Crippen LogP contribution is -2.39. The second-order valence-electron chi connectivity index (χ2n) is 5.08. The second-order valence-corrected chi connectivity index (χ2v) is 5.08. The molecule has 0 spiro atoms. The van der Waals surface area contributed by atoms with E-state index in [9.17, 15) is 13.6 Å². The molecule has 0 atom stereocenters. The number of anilines is 1. The van der Waals surface area contributed by atoms with Crippen LogP contribution < -0.4 is 4.90 Å². The van der Waals surface area contributed by atoms with Crippen LogP contribution in [-0.2, 0) is 0 Å². The summed E-state index contributed by atoms with van der Waals surface area (Å²) in [4.78, 5) is 17.1. The number of pyridine rings is 1. The summed E-state index contributed by atoms with van der Waals surface area (Å²) in [5.41, 5.74) is 1.37. The van der Waals surface area contributed by atoms with Gasteiger partial charge in [-0.15, -0.1) is 0 Å². The number of halogens is 2. The first-order valence-corrected chi connectivity index (χ1v) is 6.56. The van der Waals surface area contributed by atoms with Crippen LogP contribution in [0.25, 0.3) is 10.9 Å². The van der Waals surface area contributed by atoms with E-state index in [2.05, 4.69) is 4.98 Å². The summed E-state index contributed by atoms with van der Waals surface area (Å²) < 4.78 is 26.3. The van der Waals surface area contributed by atoms with Gasteiger partial charge in [-0.25, -0.2) is 13.8 Å². The number of carbonyl (C=O) groups is 1. The minimum atomic E-state index is -2.55. The molecule has 2 heterocycles. The maximum Gasteiger partial charge on any atom is 0.251 e. The zero-order chi connectivity index (χ0) is 14.2. The third-order valence-corrected chi connectivity index (χ3v) is 3.65. The average Bonchev–Trinajstić information content (AvgIpc) is 2.46. The molecular formula is C15H14F2N2O. The molecule has 3 rings (SSSR count). The van der Waals surface area contributed by atoms with Crippen molar-refractivity contribution in [2.75, 3.05) is 18.0 Å². The van der Waals surface area contributed by atoms with Crippen molar-refractivity contribution in [1.29, 1.82) is 0 Å². The van der Waals surface area contributed by atoms with Crippen molar-refractivity contribution < 1.29 is 13.6 Å². The number of rotatable bonds is 2. The van der Waals surface area contributed by atoms with E-state index in [1.807, 2.05) is 17.0 Å². The Morgan fingerprint density at radius 3 is 2.60 bits per heavy atom. The summed E-state index contributed by atoms with van der Waals surface area (Å²) in [5.74, 6) is -1.83. The molecule has 0 aliphatic carbocycles. The van der Waals surface area contributed by atoms with Crippen molar-refractivity contribution in [3.05, 3.63) is 35.9 Å². The van der Waals surface area contributed by atoms with Crippen LogP contribution in [0.2, 0.25) is 0 Å². The summed E-state index contributed by atoms with van der Waals surface area (Å²) in [6, 6.07) is 8.94. The van der Waals surface area contributed by atoms with Crippen molar-refractivity contribution in [3.63, 3.8) is 0 Å². The minimum absolute atomic E-state index is 0.128. The van der Waals surface area contributed by atoms with E-state index < -0.39 is 5.92 Å². The molecule has 1 saturated heterocycles. The van der Waals surface area contributed by atoms with Crippen molar-refractivity contribution in [2.24, 2.45) is 0 Å². The van der Waals surface area contributed by atoms with Gasteiger partial charge >= 0.3 is 0 Å². The van der Waals surface area contributed by atoms with Crippen LogP contribution >= 0.6 is 0 Å². The third-order valence-electron chi connectivity index (χ3n) is 3.65. The molecule has 0 N–H and O–H groups in total. The van der Waals surface area contributed by atoms with Gasteiger partial charge in [0.15, 0.2) is 0 Å². The molecule has 0 radical (unpaired) electrons. The Morgan fingerprint density at radius 1 is 1.15 bits per heavy atom. The number of aromatic nitrogens is 1. The van der Waals surface area contributed by atoms with E-state index in [4.69, 9.17) is 0 Å². The van der Waals surface area contributed by atoms with Gasteiger partial charge in [0, 0.05) is 36.9 Å². The van der Waals surface area contributed by atoms with Crippen LogP contribution in [0.4, 0.5) is 14.6 Å². The number of fused-ring (bicyclic) bond motifs is 1. The molecule has 1 aromatic carbocycles. The van der Waals surface area contributed by atoms with Gasteiger partial charge in [0.25, 0.3) is 5.92 Å². The van der Waals surface area contributed by atoms with E-state index in [1.54, 1.807) is 18.2 Å². The van der Waals surface area contributed by atoms with Crippen molar-refractivity contribution in [1.82, 2.24) is 4.98 Å². The Morgan fingerprint density at radius 2 is 1.90 bits per heavy atom. The largest absolute Gasteiger partial charge is 0.356 e. The Labute approximate surface area is 115 Å². The standard InChI is InChI=1S/C15H14F2N2O/c16-15(17)5-7-19(8-6-15)14-4-2-12-9-11(10-20)1-3-13(12)18-14/h1-4,9-10H,5-8H2. The number of nitrogens with zero attached hydrogens (tertiary/aromatic N) is 2. The van der Waals surface area contributed by atoms with Crippen LogP contribution in [0.15, 0.2) is 30.3 Å². The van der Waals surface area contributed by atoms with Gasteiger partial charge in [-0.2, -0.15) is 0 Å². The molecule has 1 aliphatic heterocycles. The van der Waals surface area contributed by atoms with Crippen LogP contribution in [0, 0.1) is 0 Å². The number of hydrogen-bond donors (Lipinski definition) is 0.